The summed E-state index contributed by atoms with van der Waals surface area (Å²) in [4.78, 5) is 2.52. The van der Waals surface area contributed by atoms with Gasteiger partial charge in [0.25, 0.3) is 0 Å². The first kappa shape index (κ1) is 10.0. The number of ether oxygens (including phenoxy) is 1. The average Bonchev–Trinajstić information content (AvgIpc) is 2.03. The fourth-order valence-corrected chi connectivity index (χ4v) is 1.81. The van der Waals surface area contributed by atoms with Crippen molar-refractivity contribution in [2.45, 2.75) is 33.7 Å². The third kappa shape index (κ3) is 2.20. The number of hydrogen-bond donors (Lipinski definition) is 0. The Morgan fingerprint density at radius 1 is 1.42 bits per heavy atom. The molecule has 2 heteroatoms. The maximum atomic E-state index is 5.50. The van der Waals surface area contributed by atoms with Crippen molar-refractivity contribution in [2.75, 3.05) is 26.3 Å². The van der Waals surface area contributed by atoms with Gasteiger partial charge in [-0.25, -0.2) is 0 Å². The topological polar surface area (TPSA) is 12.5 Å². The first-order chi connectivity index (χ1) is 5.55. The molecular formula is C10H21NO. The van der Waals surface area contributed by atoms with E-state index in [2.05, 4.69) is 32.6 Å². The molecule has 12 heavy (non-hydrogen) atoms. The van der Waals surface area contributed by atoms with Gasteiger partial charge in [0.05, 0.1) is 13.2 Å². The van der Waals surface area contributed by atoms with Crippen LogP contribution in [0.4, 0.5) is 0 Å². The summed E-state index contributed by atoms with van der Waals surface area (Å²) in [5.74, 6) is 0. The largest absolute Gasteiger partial charge is 0.378 e. The molecule has 0 aromatic heterocycles. The van der Waals surface area contributed by atoms with Gasteiger partial charge in [0.1, 0.15) is 0 Å². The van der Waals surface area contributed by atoms with Crippen LogP contribution in [0.2, 0.25) is 0 Å². The minimum atomic E-state index is 0.344. The number of likely N-dealkylation sites (N-methyl/N-ethyl adjacent to an activating group) is 1. The van der Waals surface area contributed by atoms with Crippen LogP contribution in [0.1, 0.15) is 27.7 Å². The molecule has 0 bridgehead atoms. The average molecular weight is 171 g/mol. The van der Waals surface area contributed by atoms with Gasteiger partial charge in [-0.05, 0) is 12.0 Å². The van der Waals surface area contributed by atoms with Gasteiger partial charge < -0.3 is 4.74 Å². The van der Waals surface area contributed by atoms with E-state index in [0.29, 0.717) is 11.5 Å². The maximum Gasteiger partial charge on any atom is 0.0627 e. The molecule has 0 N–H and O–H groups in total. The molecule has 1 rings (SSSR count). The lowest BCUT2D eigenvalue weighted by Gasteiger charge is -2.42. The molecule has 72 valence electrons. The highest BCUT2D eigenvalue weighted by molar-refractivity contribution is 4.84. The summed E-state index contributed by atoms with van der Waals surface area (Å²) in [5, 5.41) is 0. The van der Waals surface area contributed by atoms with Gasteiger partial charge in [-0.1, -0.05) is 27.7 Å². The summed E-state index contributed by atoms with van der Waals surface area (Å²) < 4.78 is 5.50. The van der Waals surface area contributed by atoms with Crippen molar-refractivity contribution in [3.63, 3.8) is 0 Å². The van der Waals surface area contributed by atoms with Crippen LogP contribution in [0.5, 0.6) is 0 Å². The fraction of sp³-hybridized carbons (Fsp3) is 1.00. The molecule has 0 aromatic carbocycles. The maximum absolute atomic E-state index is 5.50. The van der Waals surface area contributed by atoms with E-state index in [1.165, 1.54) is 0 Å². The first-order valence-corrected chi connectivity index (χ1v) is 4.87. The number of hydrogen-bond acceptors (Lipinski definition) is 2. The van der Waals surface area contributed by atoms with Crippen molar-refractivity contribution in [3.8, 4) is 0 Å². The molecule has 1 aliphatic rings. The smallest absolute Gasteiger partial charge is 0.0627 e. The van der Waals surface area contributed by atoms with Gasteiger partial charge in [0, 0.05) is 12.6 Å². The third-order valence-corrected chi connectivity index (χ3v) is 2.65. The zero-order chi connectivity index (χ0) is 9.19. The Balaban J connectivity index is 2.59. The normalized spacial score (nSPS) is 27.5. The fourth-order valence-electron chi connectivity index (χ4n) is 1.81. The van der Waals surface area contributed by atoms with Gasteiger partial charge >= 0.3 is 0 Å². The first-order valence-electron chi connectivity index (χ1n) is 4.87. The molecule has 1 aliphatic heterocycles. The van der Waals surface area contributed by atoms with E-state index >= 15 is 0 Å². The standard InChI is InChI=1S/C10H21NO/c1-5-11-6-7-12-8-9(11)10(2,3)4/h9H,5-8H2,1-4H3. The summed E-state index contributed by atoms with van der Waals surface area (Å²) in [6.07, 6.45) is 0. The van der Waals surface area contributed by atoms with E-state index in [4.69, 9.17) is 4.74 Å². The van der Waals surface area contributed by atoms with Crippen LogP contribution in [-0.4, -0.2) is 37.2 Å². The van der Waals surface area contributed by atoms with Crippen LogP contribution < -0.4 is 0 Å². The Hall–Kier alpha value is -0.0800. The van der Waals surface area contributed by atoms with Crippen molar-refractivity contribution in [1.29, 1.82) is 0 Å². The molecule has 1 unspecified atom stereocenters. The van der Waals surface area contributed by atoms with E-state index in [0.717, 1.165) is 26.3 Å². The zero-order valence-corrected chi connectivity index (χ0v) is 8.76. The molecule has 1 atom stereocenters. The molecule has 0 saturated carbocycles. The van der Waals surface area contributed by atoms with Crippen LogP contribution in [0, 0.1) is 5.41 Å². The van der Waals surface area contributed by atoms with Crippen molar-refractivity contribution in [2.24, 2.45) is 5.41 Å². The molecule has 0 spiro atoms. The summed E-state index contributed by atoms with van der Waals surface area (Å²) >= 11 is 0. The lowest BCUT2D eigenvalue weighted by Crippen LogP contribution is -2.51. The SMILES string of the molecule is CCN1CCOCC1C(C)(C)C. The summed E-state index contributed by atoms with van der Waals surface area (Å²) in [6.45, 7) is 13.1. The lowest BCUT2D eigenvalue weighted by molar-refractivity contribution is -0.0455. The van der Waals surface area contributed by atoms with Crippen LogP contribution >= 0.6 is 0 Å². The molecule has 1 fully saturated rings. The Morgan fingerprint density at radius 2 is 2.08 bits per heavy atom. The summed E-state index contributed by atoms with van der Waals surface area (Å²) in [5.41, 5.74) is 0.344. The zero-order valence-electron chi connectivity index (χ0n) is 8.76. The molecule has 1 saturated heterocycles. The highest BCUT2D eigenvalue weighted by Gasteiger charge is 2.31. The van der Waals surface area contributed by atoms with E-state index in [1.54, 1.807) is 0 Å². The Labute approximate surface area is 75.9 Å². The quantitative estimate of drug-likeness (QED) is 0.596. The Bertz CT molecular complexity index is 139. The molecule has 2 nitrogen and oxygen atoms in total. The second-order valence-corrected chi connectivity index (χ2v) is 4.59. The van der Waals surface area contributed by atoms with Crippen molar-refractivity contribution in [3.05, 3.63) is 0 Å². The summed E-state index contributed by atoms with van der Waals surface area (Å²) in [6, 6.07) is 0.594. The van der Waals surface area contributed by atoms with E-state index in [-0.39, 0.29) is 0 Å². The predicted molar refractivity (Wildman–Crippen MR) is 51.3 cm³/mol. The Kier molecular flexibility index (Phi) is 3.13. The van der Waals surface area contributed by atoms with E-state index < -0.39 is 0 Å². The van der Waals surface area contributed by atoms with Gasteiger partial charge in [-0.15, -0.1) is 0 Å². The molecule has 1 heterocycles. The minimum Gasteiger partial charge on any atom is -0.378 e. The minimum absolute atomic E-state index is 0.344. The lowest BCUT2D eigenvalue weighted by atomic mass is 9.85. The highest BCUT2D eigenvalue weighted by atomic mass is 16.5. The summed E-state index contributed by atoms with van der Waals surface area (Å²) in [7, 11) is 0. The van der Waals surface area contributed by atoms with Crippen LogP contribution in [0.25, 0.3) is 0 Å². The van der Waals surface area contributed by atoms with E-state index in [9.17, 15) is 0 Å². The Morgan fingerprint density at radius 3 is 2.50 bits per heavy atom. The van der Waals surface area contributed by atoms with Gasteiger partial charge in [-0.2, -0.15) is 0 Å². The molecule has 0 radical (unpaired) electrons. The monoisotopic (exact) mass is 171 g/mol. The number of nitrogens with zero attached hydrogens (tertiary/aromatic N) is 1. The van der Waals surface area contributed by atoms with Gasteiger partial charge in [0.15, 0.2) is 0 Å². The molecule has 0 amide bonds. The van der Waals surface area contributed by atoms with Crippen LogP contribution in [0.15, 0.2) is 0 Å². The molecular weight excluding hydrogens is 150 g/mol. The van der Waals surface area contributed by atoms with Crippen molar-refractivity contribution >= 4 is 0 Å². The second-order valence-electron chi connectivity index (χ2n) is 4.59. The number of rotatable bonds is 1. The third-order valence-electron chi connectivity index (χ3n) is 2.65. The van der Waals surface area contributed by atoms with Crippen LogP contribution in [0.3, 0.4) is 0 Å². The molecule has 0 aromatic rings. The van der Waals surface area contributed by atoms with E-state index in [1.807, 2.05) is 0 Å². The van der Waals surface area contributed by atoms with Crippen molar-refractivity contribution < 1.29 is 4.74 Å². The predicted octanol–water partition coefficient (Wildman–Crippen LogP) is 1.75. The second kappa shape index (κ2) is 3.75. The van der Waals surface area contributed by atoms with Crippen LogP contribution in [-0.2, 0) is 4.74 Å². The number of morpholine rings is 1. The van der Waals surface area contributed by atoms with Crippen molar-refractivity contribution in [1.82, 2.24) is 4.90 Å². The van der Waals surface area contributed by atoms with Gasteiger partial charge in [0.2, 0.25) is 0 Å². The highest BCUT2D eigenvalue weighted by Crippen LogP contribution is 2.26. The van der Waals surface area contributed by atoms with Gasteiger partial charge in [-0.3, -0.25) is 4.90 Å². The molecule has 0 aliphatic carbocycles.